The van der Waals surface area contributed by atoms with Crippen molar-refractivity contribution in [1.82, 2.24) is 15.0 Å². The quantitative estimate of drug-likeness (QED) is 0.832. The largest absolute Gasteiger partial charge is 0.347 e. The summed E-state index contributed by atoms with van der Waals surface area (Å²) >= 11 is 7.89. The first-order valence-electron chi connectivity index (χ1n) is 5.47. The van der Waals surface area contributed by atoms with Crippen LogP contribution in [0.3, 0.4) is 0 Å². The molecule has 1 aliphatic heterocycles. The molecule has 17 heavy (non-hydrogen) atoms. The van der Waals surface area contributed by atoms with Crippen LogP contribution >= 0.6 is 23.4 Å². The molecule has 0 aliphatic carbocycles. The Bertz CT molecular complexity index is 394. The Morgan fingerprint density at radius 2 is 1.88 bits per heavy atom. The third kappa shape index (κ3) is 2.93. The summed E-state index contributed by atoms with van der Waals surface area (Å²) in [6.07, 6.45) is 1.17. The molecule has 0 spiro atoms. The summed E-state index contributed by atoms with van der Waals surface area (Å²) in [7, 11) is 5.80. The van der Waals surface area contributed by atoms with Crippen LogP contribution < -0.4 is 9.80 Å². The highest BCUT2D eigenvalue weighted by Gasteiger charge is 2.23. The number of rotatable bonds is 3. The van der Waals surface area contributed by atoms with E-state index in [2.05, 4.69) is 19.9 Å². The van der Waals surface area contributed by atoms with E-state index in [0.717, 1.165) is 5.75 Å². The molecule has 0 N–H and O–H groups in total. The van der Waals surface area contributed by atoms with Gasteiger partial charge in [-0.1, -0.05) is 0 Å². The highest BCUT2D eigenvalue weighted by atomic mass is 35.5. The monoisotopic (exact) mass is 273 g/mol. The second kappa shape index (κ2) is 5.27. The average molecular weight is 274 g/mol. The Labute approximate surface area is 111 Å². The SMILES string of the molecule is CN(C)c1nc(Cl)nc(N(C)C2CCSC2)n1. The number of hydrogen-bond acceptors (Lipinski definition) is 6. The maximum Gasteiger partial charge on any atom is 0.231 e. The minimum Gasteiger partial charge on any atom is -0.347 e. The van der Waals surface area contributed by atoms with E-state index in [1.807, 2.05) is 37.8 Å². The molecule has 0 bridgehead atoms. The maximum atomic E-state index is 5.92. The molecule has 1 saturated heterocycles. The molecule has 1 unspecified atom stereocenters. The zero-order valence-corrected chi connectivity index (χ0v) is 11.8. The average Bonchev–Trinajstić information content (AvgIpc) is 2.80. The van der Waals surface area contributed by atoms with Gasteiger partial charge in [-0.05, 0) is 23.8 Å². The zero-order chi connectivity index (χ0) is 12.4. The third-order valence-corrected chi connectivity index (χ3v) is 4.07. The first-order valence-corrected chi connectivity index (χ1v) is 7.00. The summed E-state index contributed by atoms with van der Waals surface area (Å²) in [4.78, 5) is 16.6. The summed E-state index contributed by atoms with van der Waals surface area (Å²) in [5.41, 5.74) is 0. The van der Waals surface area contributed by atoms with E-state index in [4.69, 9.17) is 11.6 Å². The van der Waals surface area contributed by atoms with Crippen LogP contribution in [0.5, 0.6) is 0 Å². The second-order valence-electron chi connectivity index (χ2n) is 4.23. The molecule has 5 nitrogen and oxygen atoms in total. The molecule has 1 aromatic heterocycles. The van der Waals surface area contributed by atoms with Crippen LogP contribution in [0.25, 0.3) is 0 Å². The van der Waals surface area contributed by atoms with Crippen LogP contribution in [0, 0.1) is 0 Å². The number of nitrogens with zero attached hydrogens (tertiary/aromatic N) is 5. The topological polar surface area (TPSA) is 45.2 Å². The van der Waals surface area contributed by atoms with Crippen molar-refractivity contribution in [1.29, 1.82) is 0 Å². The fraction of sp³-hybridized carbons (Fsp3) is 0.700. The Kier molecular flexibility index (Phi) is 3.93. The number of aromatic nitrogens is 3. The lowest BCUT2D eigenvalue weighted by Gasteiger charge is -2.24. The van der Waals surface area contributed by atoms with Gasteiger partial charge in [0, 0.05) is 32.9 Å². The van der Waals surface area contributed by atoms with E-state index < -0.39 is 0 Å². The van der Waals surface area contributed by atoms with Gasteiger partial charge in [-0.2, -0.15) is 26.7 Å². The summed E-state index contributed by atoms with van der Waals surface area (Å²) < 4.78 is 0. The lowest BCUT2D eigenvalue weighted by atomic mass is 10.2. The minimum atomic E-state index is 0.246. The summed E-state index contributed by atoms with van der Waals surface area (Å²) in [5, 5.41) is 0.246. The first kappa shape index (κ1) is 12.7. The minimum absolute atomic E-state index is 0.246. The maximum absolute atomic E-state index is 5.92. The number of anilines is 2. The number of halogens is 1. The predicted octanol–water partition coefficient (Wildman–Crippen LogP) is 1.53. The molecule has 0 amide bonds. The van der Waals surface area contributed by atoms with Crippen molar-refractivity contribution in [3.8, 4) is 0 Å². The van der Waals surface area contributed by atoms with Crippen molar-refractivity contribution in [2.24, 2.45) is 0 Å². The van der Waals surface area contributed by atoms with Crippen molar-refractivity contribution in [2.75, 3.05) is 42.4 Å². The van der Waals surface area contributed by atoms with Gasteiger partial charge in [-0.3, -0.25) is 0 Å². The molecule has 0 aromatic carbocycles. The molecule has 0 saturated carbocycles. The Morgan fingerprint density at radius 3 is 2.47 bits per heavy atom. The molecule has 7 heteroatoms. The van der Waals surface area contributed by atoms with Crippen LogP contribution in [0.15, 0.2) is 0 Å². The summed E-state index contributed by atoms with van der Waals surface area (Å²) in [6, 6.07) is 0.494. The smallest absolute Gasteiger partial charge is 0.231 e. The van der Waals surface area contributed by atoms with E-state index in [1.54, 1.807) is 0 Å². The number of thioether (sulfide) groups is 1. The molecular weight excluding hydrogens is 258 g/mol. The van der Waals surface area contributed by atoms with Gasteiger partial charge in [0.2, 0.25) is 17.2 Å². The van der Waals surface area contributed by atoms with Gasteiger partial charge in [-0.15, -0.1) is 0 Å². The van der Waals surface area contributed by atoms with Crippen molar-refractivity contribution in [2.45, 2.75) is 12.5 Å². The number of hydrogen-bond donors (Lipinski definition) is 0. The van der Waals surface area contributed by atoms with Crippen molar-refractivity contribution in [3.05, 3.63) is 5.28 Å². The van der Waals surface area contributed by atoms with Crippen LogP contribution in [0.4, 0.5) is 11.9 Å². The Morgan fingerprint density at radius 1 is 1.18 bits per heavy atom. The third-order valence-electron chi connectivity index (χ3n) is 2.75. The molecule has 1 fully saturated rings. The van der Waals surface area contributed by atoms with E-state index in [-0.39, 0.29) is 5.28 Å². The molecule has 0 radical (unpaired) electrons. The zero-order valence-electron chi connectivity index (χ0n) is 10.2. The van der Waals surface area contributed by atoms with Gasteiger partial charge in [0.1, 0.15) is 0 Å². The summed E-state index contributed by atoms with van der Waals surface area (Å²) in [6.45, 7) is 0. The molecule has 94 valence electrons. The van der Waals surface area contributed by atoms with Crippen LogP contribution in [0.1, 0.15) is 6.42 Å². The lowest BCUT2D eigenvalue weighted by molar-refractivity contribution is 0.678. The van der Waals surface area contributed by atoms with Crippen LogP contribution in [-0.2, 0) is 0 Å². The fourth-order valence-electron chi connectivity index (χ4n) is 1.68. The molecule has 1 aliphatic rings. The van der Waals surface area contributed by atoms with E-state index in [1.165, 1.54) is 12.2 Å². The molecule has 1 atom stereocenters. The highest BCUT2D eigenvalue weighted by Crippen LogP contribution is 2.25. The van der Waals surface area contributed by atoms with Gasteiger partial charge in [0.15, 0.2) is 0 Å². The van der Waals surface area contributed by atoms with Gasteiger partial charge >= 0.3 is 0 Å². The van der Waals surface area contributed by atoms with Crippen molar-refractivity contribution in [3.63, 3.8) is 0 Å². The molecule has 2 rings (SSSR count). The van der Waals surface area contributed by atoms with E-state index >= 15 is 0 Å². The second-order valence-corrected chi connectivity index (χ2v) is 5.72. The standard InChI is InChI=1S/C10H16ClN5S/c1-15(2)9-12-8(11)13-10(14-9)16(3)7-4-5-17-6-7/h7H,4-6H2,1-3H3. The highest BCUT2D eigenvalue weighted by molar-refractivity contribution is 7.99. The van der Waals surface area contributed by atoms with Gasteiger partial charge in [0.25, 0.3) is 0 Å². The normalized spacial score (nSPS) is 19.4. The fourth-order valence-corrected chi connectivity index (χ4v) is 3.10. The van der Waals surface area contributed by atoms with E-state index in [9.17, 15) is 0 Å². The van der Waals surface area contributed by atoms with Crippen LogP contribution in [-0.4, -0.2) is 53.6 Å². The molecule has 2 heterocycles. The van der Waals surface area contributed by atoms with Gasteiger partial charge < -0.3 is 9.80 Å². The van der Waals surface area contributed by atoms with E-state index in [0.29, 0.717) is 17.9 Å². The lowest BCUT2D eigenvalue weighted by Crippen LogP contribution is -2.33. The van der Waals surface area contributed by atoms with Crippen molar-refractivity contribution < 1.29 is 0 Å². The predicted molar refractivity (Wildman–Crippen MR) is 73.3 cm³/mol. The summed E-state index contributed by atoms with van der Waals surface area (Å²) in [5.74, 6) is 3.57. The Balaban J connectivity index is 2.24. The van der Waals surface area contributed by atoms with Crippen molar-refractivity contribution >= 4 is 35.3 Å². The van der Waals surface area contributed by atoms with Gasteiger partial charge in [-0.25, -0.2) is 0 Å². The molecule has 1 aromatic rings. The Hall–Kier alpha value is -0.750. The van der Waals surface area contributed by atoms with Crippen LogP contribution in [0.2, 0.25) is 5.28 Å². The molecular formula is C10H16ClN5S. The van der Waals surface area contributed by atoms with Gasteiger partial charge in [0.05, 0.1) is 0 Å². The first-order chi connectivity index (χ1) is 8.08.